The van der Waals surface area contributed by atoms with Gasteiger partial charge >= 0.3 is 0 Å². The van der Waals surface area contributed by atoms with E-state index in [1.54, 1.807) is 0 Å². The topological polar surface area (TPSA) is 6.48 Å². The summed E-state index contributed by atoms with van der Waals surface area (Å²) >= 11 is 0. The Labute approximate surface area is 124 Å². The summed E-state index contributed by atoms with van der Waals surface area (Å²) in [5.41, 5.74) is 4.72. The van der Waals surface area contributed by atoms with Crippen LogP contribution in [0.2, 0.25) is 0 Å². The molecule has 1 aliphatic rings. The van der Waals surface area contributed by atoms with Gasteiger partial charge in [0.1, 0.15) is 0 Å². The number of benzene rings is 1. The molecule has 0 atom stereocenters. The number of hydrogen-bond donors (Lipinski definition) is 0. The minimum Gasteiger partial charge on any atom is -0.369 e. The molecule has 0 saturated carbocycles. The molecule has 2 heteroatoms. The van der Waals surface area contributed by atoms with Gasteiger partial charge in [-0.3, -0.25) is 4.90 Å². The van der Waals surface area contributed by atoms with E-state index >= 15 is 0 Å². The highest BCUT2D eigenvalue weighted by atomic mass is 15.3. The largest absolute Gasteiger partial charge is 0.369 e. The zero-order valence-electron chi connectivity index (χ0n) is 13.9. The molecule has 20 heavy (non-hydrogen) atoms. The number of hydrogen-bond acceptors (Lipinski definition) is 2. The highest BCUT2D eigenvalue weighted by molar-refractivity contribution is 5.56. The second-order valence-corrected chi connectivity index (χ2v) is 7.36. The summed E-state index contributed by atoms with van der Waals surface area (Å²) in [6, 6.07) is 6.66. The molecule has 0 aromatic heterocycles. The first-order valence-electron chi connectivity index (χ1n) is 7.90. The van der Waals surface area contributed by atoms with Gasteiger partial charge in [0.05, 0.1) is 0 Å². The van der Waals surface area contributed by atoms with Crippen molar-refractivity contribution in [3.63, 3.8) is 0 Å². The fraction of sp³-hybridized carbons (Fsp3) is 0.667. The van der Waals surface area contributed by atoms with Crippen molar-refractivity contribution in [1.82, 2.24) is 4.90 Å². The normalized spacial score (nSPS) is 17.6. The van der Waals surface area contributed by atoms with E-state index in [1.807, 2.05) is 0 Å². The number of aryl methyl sites for hydroxylation is 1. The van der Waals surface area contributed by atoms with Gasteiger partial charge in [-0.1, -0.05) is 32.9 Å². The lowest BCUT2D eigenvalue weighted by Crippen LogP contribution is -2.47. The predicted octanol–water partition coefficient (Wildman–Crippen LogP) is 3.86. The summed E-state index contributed by atoms with van der Waals surface area (Å²) in [5, 5.41) is 0. The van der Waals surface area contributed by atoms with Gasteiger partial charge in [-0.15, -0.1) is 0 Å². The molecule has 1 aromatic rings. The number of nitrogens with zero attached hydrogens (tertiary/aromatic N) is 2. The molecule has 0 bridgehead atoms. The van der Waals surface area contributed by atoms with Gasteiger partial charge in [0.25, 0.3) is 0 Å². The molecule has 2 rings (SSSR count). The van der Waals surface area contributed by atoms with Crippen molar-refractivity contribution in [3.8, 4) is 0 Å². The van der Waals surface area contributed by atoms with Gasteiger partial charge in [0.2, 0.25) is 0 Å². The van der Waals surface area contributed by atoms with Gasteiger partial charge in [0, 0.05) is 31.9 Å². The van der Waals surface area contributed by atoms with Crippen LogP contribution < -0.4 is 4.90 Å². The fourth-order valence-corrected chi connectivity index (χ4v) is 2.78. The van der Waals surface area contributed by atoms with Gasteiger partial charge < -0.3 is 4.90 Å². The third kappa shape index (κ3) is 3.99. The zero-order chi connectivity index (χ0) is 14.8. The summed E-state index contributed by atoms with van der Waals surface area (Å²) in [6.45, 7) is 17.4. The van der Waals surface area contributed by atoms with Gasteiger partial charge in [-0.2, -0.15) is 0 Å². The van der Waals surface area contributed by atoms with E-state index in [9.17, 15) is 0 Å². The molecule has 112 valence electrons. The summed E-state index contributed by atoms with van der Waals surface area (Å²) in [7, 11) is 0. The summed E-state index contributed by atoms with van der Waals surface area (Å²) in [6.07, 6.45) is 1.29. The minimum absolute atomic E-state index is 0.449. The maximum absolute atomic E-state index is 2.62. The van der Waals surface area contributed by atoms with Crippen LogP contribution in [-0.2, 0) is 0 Å². The van der Waals surface area contributed by atoms with E-state index in [4.69, 9.17) is 0 Å². The number of anilines is 1. The molecule has 0 radical (unpaired) electrons. The Balaban J connectivity index is 1.90. The van der Waals surface area contributed by atoms with E-state index < -0.39 is 0 Å². The molecular weight excluding hydrogens is 244 g/mol. The minimum atomic E-state index is 0.449. The number of rotatable bonds is 3. The van der Waals surface area contributed by atoms with Crippen molar-refractivity contribution in [2.75, 3.05) is 37.6 Å². The molecule has 1 saturated heterocycles. The molecule has 2 nitrogen and oxygen atoms in total. The van der Waals surface area contributed by atoms with Gasteiger partial charge in [-0.25, -0.2) is 0 Å². The predicted molar refractivity (Wildman–Crippen MR) is 88.6 cm³/mol. The van der Waals surface area contributed by atoms with Crippen LogP contribution in [0.4, 0.5) is 5.69 Å². The lowest BCUT2D eigenvalue weighted by atomic mass is 9.92. The highest BCUT2D eigenvalue weighted by Crippen LogP contribution is 2.24. The molecule has 1 aromatic carbocycles. The molecule has 0 unspecified atom stereocenters. The second kappa shape index (κ2) is 6.17. The van der Waals surface area contributed by atoms with Gasteiger partial charge in [0.15, 0.2) is 0 Å². The van der Waals surface area contributed by atoms with Crippen molar-refractivity contribution >= 4 is 5.69 Å². The Morgan fingerprint density at radius 2 is 1.65 bits per heavy atom. The summed E-state index contributed by atoms with van der Waals surface area (Å²) < 4.78 is 0. The lowest BCUT2D eigenvalue weighted by Gasteiger charge is -2.38. The molecule has 1 heterocycles. The quantitative estimate of drug-likeness (QED) is 0.826. The van der Waals surface area contributed by atoms with E-state index in [-0.39, 0.29) is 0 Å². The summed E-state index contributed by atoms with van der Waals surface area (Å²) in [4.78, 5) is 5.17. The molecule has 1 aliphatic heterocycles. The Bertz CT molecular complexity index is 437. The first kappa shape index (κ1) is 15.4. The van der Waals surface area contributed by atoms with Crippen molar-refractivity contribution < 1.29 is 0 Å². The summed E-state index contributed by atoms with van der Waals surface area (Å²) in [5.74, 6) is 0. The van der Waals surface area contributed by atoms with Crippen molar-refractivity contribution in [3.05, 3.63) is 29.3 Å². The zero-order valence-corrected chi connectivity index (χ0v) is 13.9. The smallest absolute Gasteiger partial charge is 0.0399 e. The Kier molecular flexibility index (Phi) is 4.74. The van der Waals surface area contributed by atoms with Crippen molar-refractivity contribution in [1.29, 1.82) is 0 Å². The third-order valence-electron chi connectivity index (χ3n) is 4.47. The van der Waals surface area contributed by atoms with Crippen molar-refractivity contribution in [2.24, 2.45) is 5.41 Å². The van der Waals surface area contributed by atoms with E-state index in [2.05, 4.69) is 62.6 Å². The van der Waals surface area contributed by atoms with Gasteiger partial charge in [-0.05, 0) is 49.4 Å². The first-order chi connectivity index (χ1) is 9.37. The third-order valence-corrected chi connectivity index (χ3v) is 4.47. The maximum atomic E-state index is 2.62. The molecule has 0 N–H and O–H groups in total. The lowest BCUT2D eigenvalue weighted by molar-refractivity contribution is 0.217. The maximum Gasteiger partial charge on any atom is 0.0399 e. The van der Waals surface area contributed by atoms with E-state index in [1.165, 1.54) is 42.9 Å². The SMILES string of the molecule is Cc1cccc(N2CCN(CCC(C)(C)C)CC2)c1C. The molecule has 1 fully saturated rings. The first-order valence-corrected chi connectivity index (χ1v) is 7.90. The highest BCUT2D eigenvalue weighted by Gasteiger charge is 2.20. The monoisotopic (exact) mass is 274 g/mol. The second-order valence-electron chi connectivity index (χ2n) is 7.36. The molecule has 0 amide bonds. The Morgan fingerprint density at radius 1 is 1.00 bits per heavy atom. The fourth-order valence-electron chi connectivity index (χ4n) is 2.78. The molecular formula is C18H30N2. The number of piperazine rings is 1. The Morgan fingerprint density at radius 3 is 2.25 bits per heavy atom. The van der Waals surface area contributed by atoms with Crippen LogP contribution in [-0.4, -0.2) is 37.6 Å². The van der Waals surface area contributed by atoms with Crippen molar-refractivity contribution in [2.45, 2.75) is 41.0 Å². The molecule has 0 spiro atoms. The van der Waals surface area contributed by atoms with Crippen LogP contribution in [0.1, 0.15) is 38.3 Å². The van der Waals surface area contributed by atoms with Crippen LogP contribution in [0.5, 0.6) is 0 Å². The van der Waals surface area contributed by atoms with Crippen LogP contribution in [0.3, 0.4) is 0 Å². The van der Waals surface area contributed by atoms with Crippen LogP contribution in [0.15, 0.2) is 18.2 Å². The van der Waals surface area contributed by atoms with E-state index in [0.717, 1.165) is 13.1 Å². The molecule has 0 aliphatic carbocycles. The van der Waals surface area contributed by atoms with Crippen LogP contribution in [0, 0.1) is 19.3 Å². The van der Waals surface area contributed by atoms with Crippen LogP contribution in [0.25, 0.3) is 0 Å². The van der Waals surface area contributed by atoms with E-state index in [0.29, 0.717) is 5.41 Å². The Hall–Kier alpha value is -1.02. The van der Waals surface area contributed by atoms with Crippen LogP contribution >= 0.6 is 0 Å². The average molecular weight is 274 g/mol. The average Bonchev–Trinajstić information content (AvgIpc) is 2.40. The standard InChI is InChI=1S/C18H30N2/c1-15-7-6-8-17(16(15)2)20-13-11-19(12-14-20)10-9-18(3,4)5/h6-8H,9-14H2,1-5H3.